The van der Waals surface area contributed by atoms with E-state index in [0.29, 0.717) is 37.4 Å². The van der Waals surface area contributed by atoms with Gasteiger partial charge in [-0.3, -0.25) is 0 Å². The lowest BCUT2D eigenvalue weighted by Gasteiger charge is -2.34. The van der Waals surface area contributed by atoms with Crippen LogP contribution >= 0.6 is 15.9 Å². The van der Waals surface area contributed by atoms with Gasteiger partial charge in [0.05, 0.1) is 11.4 Å². The highest BCUT2D eigenvalue weighted by Gasteiger charge is 2.37. The molecule has 2 saturated heterocycles. The third-order valence-electron chi connectivity index (χ3n) is 4.29. The fourth-order valence-corrected chi connectivity index (χ4v) is 5.16. The van der Waals surface area contributed by atoms with E-state index in [1.165, 1.54) is 4.31 Å². The number of halogens is 1. The molecule has 1 unspecified atom stereocenters. The summed E-state index contributed by atoms with van der Waals surface area (Å²) in [5.41, 5.74) is 0. The molecule has 6 nitrogen and oxygen atoms in total. The topological polar surface area (TPSA) is 66.9 Å². The zero-order chi connectivity index (χ0) is 16.6. The molecule has 0 radical (unpaired) electrons. The molecule has 2 aliphatic heterocycles. The smallest absolute Gasteiger partial charge is 0.410 e. The third kappa shape index (κ3) is 3.39. The molecule has 0 aliphatic carbocycles. The van der Waals surface area contributed by atoms with Gasteiger partial charge in [-0.2, -0.15) is 4.31 Å². The number of rotatable bonds is 3. The average molecular weight is 403 g/mol. The maximum Gasteiger partial charge on any atom is 0.410 e. The lowest BCUT2D eigenvalue weighted by Crippen LogP contribution is -2.47. The molecule has 0 saturated carbocycles. The van der Waals surface area contributed by atoms with Crippen LogP contribution in [0.25, 0.3) is 0 Å². The van der Waals surface area contributed by atoms with Crippen LogP contribution in [-0.4, -0.2) is 55.5 Å². The maximum absolute atomic E-state index is 12.7. The molecular weight excluding hydrogens is 384 g/mol. The van der Waals surface area contributed by atoms with Crippen LogP contribution in [0.5, 0.6) is 0 Å². The first-order valence-electron chi connectivity index (χ1n) is 7.61. The fourth-order valence-electron chi connectivity index (χ4n) is 3.10. The Labute approximate surface area is 144 Å². The van der Waals surface area contributed by atoms with Gasteiger partial charge in [0.25, 0.3) is 0 Å². The number of ether oxygens (including phenoxy) is 1. The molecule has 8 heteroatoms. The van der Waals surface area contributed by atoms with Crippen LogP contribution in [0.1, 0.15) is 19.8 Å². The first kappa shape index (κ1) is 16.7. The normalized spacial score (nSPS) is 24.0. The second-order valence-corrected chi connectivity index (χ2v) is 8.79. The number of hydrogen-bond acceptors (Lipinski definition) is 4. The van der Waals surface area contributed by atoms with Gasteiger partial charge in [-0.05, 0) is 38.0 Å². The van der Waals surface area contributed by atoms with Crippen LogP contribution in [0.2, 0.25) is 0 Å². The minimum absolute atomic E-state index is 0.0569. The van der Waals surface area contributed by atoms with Gasteiger partial charge in [0.2, 0.25) is 10.0 Å². The Bertz CT molecular complexity index is 701. The molecule has 1 atom stereocenters. The SMILES string of the molecule is CC1CN(C2CCN(S(=O)(=O)c3cccc(Br)c3)CC2)C(=O)O1. The lowest BCUT2D eigenvalue weighted by molar-refractivity contribution is 0.124. The summed E-state index contributed by atoms with van der Waals surface area (Å²) in [4.78, 5) is 13.8. The standard InChI is InChI=1S/C15H19BrN2O4S/c1-11-10-18(15(19)22-11)13-5-7-17(8-6-13)23(20,21)14-4-2-3-12(16)9-14/h2-4,9,11,13H,5-8,10H2,1H3. The largest absolute Gasteiger partial charge is 0.444 e. The molecule has 1 aromatic carbocycles. The van der Waals surface area contributed by atoms with Crippen molar-refractivity contribution in [1.29, 1.82) is 0 Å². The number of cyclic esters (lactones) is 1. The Morgan fingerprint density at radius 1 is 1.26 bits per heavy atom. The van der Waals surface area contributed by atoms with Crippen molar-refractivity contribution in [3.05, 3.63) is 28.7 Å². The first-order valence-corrected chi connectivity index (χ1v) is 9.84. The molecule has 0 aromatic heterocycles. The third-order valence-corrected chi connectivity index (χ3v) is 6.68. The summed E-state index contributed by atoms with van der Waals surface area (Å²) in [6.07, 6.45) is 0.890. The van der Waals surface area contributed by atoms with Crippen molar-refractivity contribution in [2.75, 3.05) is 19.6 Å². The van der Waals surface area contributed by atoms with Gasteiger partial charge in [-0.25, -0.2) is 13.2 Å². The number of amides is 1. The summed E-state index contributed by atoms with van der Waals surface area (Å²) in [6, 6.07) is 6.78. The maximum atomic E-state index is 12.7. The van der Waals surface area contributed by atoms with Gasteiger partial charge >= 0.3 is 6.09 Å². The van der Waals surface area contributed by atoms with E-state index >= 15 is 0 Å². The molecular formula is C15H19BrN2O4S. The Hall–Kier alpha value is -1.12. The molecule has 126 valence electrons. The second-order valence-electron chi connectivity index (χ2n) is 5.94. The van der Waals surface area contributed by atoms with Gasteiger partial charge in [0, 0.05) is 23.6 Å². The summed E-state index contributed by atoms with van der Waals surface area (Å²) in [5.74, 6) is 0. The second kappa shape index (κ2) is 6.41. The van der Waals surface area contributed by atoms with Crippen LogP contribution in [0.4, 0.5) is 4.79 Å². The van der Waals surface area contributed by atoms with Crippen molar-refractivity contribution in [2.45, 2.75) is 36.8 Å². The van der Waals surface area contributed by atoms with E-state index < -0.39 is 10.0 Å². The van der Waals surface area contributed by atoms with E-state index in [1.54, 1.807) is 29.2 Å². The predicted molar refractivity (Wildman–Crippen MR) is 88.6 cm³/mol. The number of carbonyl (C=O) groups excluding carboxylic acids is 1. The van der Waals surface area contributed by atoms with Crippen LogP contribution < -0.4 is 0 Å². The highest BCUT2D eigenvalue weighted by molar-refractivity contribution is 9.10. The van der Waals surface area contributed by atoms with Gasteiger partial charge in [0.1, 0.15) is 6.10 Å². The first-order chi connectivity index (χ1) is 10.9. The number of hydrogen-bond donors (Lipinski definition) is 0. The molecule has 0 bridgehead atoms. The Morgan fingerprint density at radius 3 is 2.52 bits per heavy atom. The van der Waals surface area contributed by atoms with E-state index in [2.05, 4.69) is 15.9 Å². The van der Waals surface area contributed by atoms with Crippen molar-refractivity contribution in [1.82, 2.24) is 9.21 Å². The summed E-state index contributed by atoms with van der Waals surface area (Å²) in [5, 5.41) is 0. The molecule has 1 amide bonds. The van der Waals surface area contributed by atoms with E-state index in [0.717, 1.165) is 4.47 Å². The lowest BCUT2D eigenvalue weighted by atomic mass is 10.1. The summed E-state index contributed by atoms with van der Waals surface area (Å²) >= 11 is 3.30. The number of piperidine rings is 1. The van der Waals surface area contributed by atoms with Crippen LogP contribution in [0.15, 0.2) is 33.6 Å². The zero-order valence-corrected chi connectivity index (χ0v) is 15.2. The van der Waals surface area contributed by atoms with E-state index in [4.69, 9.17) is 4.74 Å². The highest BCUT2D eigenvalue weighted by Crippen LogP contribution is 2.26. The Kier molecular flexibility index (Phi) is 4.66. The van der Waals surface area contributed by atoms with Gasteiger partial charge in [0.15, 0.2) is 0 Å². The minimum Gasteiger partial charge on any atom is -0.444 e. The highest BCUT2D eigenvalue weighted by atomic mass is 79.9. The average Bonchev–Trinajstić information content (AvgIpc) is 2.86. The molecule has 3 rings (SSSR count). The number of sulfonamides is 1. The fraction of sp³-hybridized carbons (Fsp3) is 0.533. The van der Waals surface area contributed by atoms with E-state index in [1.807, 2.05) is 6.92 Å². The van der Waals surface area contributed by atoms with E-state index in [9.17, 15) is 13.2 Å². The van der Waals surface area contributed by atoms with Crippen molar-refractivity contribution in [3.8, 4) is 0 Å². The van der Waals surface area contributed by atoms with Gasteiger partial charge in [-0.1, -0.05) is 22.0 Å². The molecule has 0 N–H and O–H groups in total. The van der Waals surface area contributed by atoms with Gasteiger partial charge in [-0.15, -0.1) is 0 Å². The predicted octanol–water partition coefficient (Wildman–Crippen LogP) is 2.44. The Balaban J connectivity index is 1.68. The number of nitrogens with zero attached hydrogens (tertiary/aromatic N) is 2. The van der Waals surface area contributed by atoms with Crippen LogP contribution in [-0.2, 0) is 14.8 Å². The molecule has 2 fully saturated rings. The molecule has 0 spiro atoms. The summed E-state index contributed by atoms with van der Waals surface area (Å²) < 4.78 is 32.8. The quantitative estimate of drug-likeness (QED) is 0.778. The zero-order valence-electron chi connectivity index (χ0n) is 12.8. The number of benzene rings is 1. The van der Waals surface area contributed by atoms with Crippen molar-refractivity contribution in [2.24, 2.45) is 0 Å². The van der Waals surface area contributed by atoms with Crippen LogP contribution in [0, 0.1) is 0 Å². The van der Waals surface area contributed by atoms with Gasteiger partial charge < -0.3 is 9.64 Å². The monoisotopic (exact) mass is 402 g/mol. The van der Waals surface area contributed by atoms with Crippen molar-refractivity contribution in [3.63, 3.8) is 0 Å². The molecule has 23 heavy (non-hydrogen) atoms. The molecule has 2 aliphatic rings. The molecule has 1 aromatic rings. The minimum atomic E-state index is -3.49. The number of carbonyl (C=O) groups is 1. The Morgan fingerprint density at radius 2 is 1.96 bits per heavy atom. The summed E-state index contributed by atoms with van der Waals surface area (Å²) in [6.45, 7) is 3.28. The van der Waals surface area contributed by atoms with E-state index in [-0.39, 0.29) is 18.2 Å². The van der Waals surface area contributed by atoms with Crippen LogP contribution in [0.3, 0.4) is 0 Å². The van der Waals surface area contributed by atoms with Crippen molar-refractivity contribution < 1.29 is 17.9 Å². The summed E-state index contributed by atoms with van der Waals surface area (Å²) in [7, 11) is -3.49. The molecule has 2 heterocycles. The van der Waals surface area contributed by atoms with Crippen molar-refractivity contribution >= 4 is 32.0 Å².